The van der Waals surface area contributed by atoms with E-state index in [1.165, 1.54) is 0 Å². The van der Waals surface area contributed by atoms with Crippen molar-refractivity contribution in [3.8, 4) is 0 Å². The van der Waals surface area contributed by atoms with Crippen molar-refractivity contribution in [2.45, 2.75) is 76.1 Å². The molecule has 27 heavy (non-hydrogen) atoms. The standard InChI is InChI=1S/C18H26BrF3O5/c1-10-4-5-13-11(2)17(18(20,21)22,23-9-8-19)25-14-16(13)12(10)6-7-15(3,24-14)26-27-16/h10-14H,4-9H2,1-3H3/t10-,11-,12+,13+,14+,15+,16-,17-/m1/s1. The van der Waals surface area contributed by atoms with Gasteiger partial charge in [0.15, 0.2) is 11.9 Å². The first kappa shape index (κ1) is 20.3. The summed E-state index contributed by atoms with van der Waals surface area (Å²) in [4.78, 5) is 11.5. The number of hydrogen-bond acceptors (Lipinski definition) is 5. The van der Waals surface area contributed by atoms with E-state index in [-0.39, 0.29) is 23.8 Å². The van der Waals surface area contributed by atoms with Crippen molar-refractivity contribution >= 4 is 15.9 Å². The molecular formula is C18H26BrF3O5. The molecule has 9 heteroatoms. The highest BCUT2D eigenvalue weighted by Crippen LogP contribution is 2.64. The number of rotatable bonds is 3. The van der Waals surface area contributed by atoms with Crippen molar-refractivity contribution < 1.29 is 37.2 Å². The summed E-state index contributed by atoms with van der Waals surface area (Å²) in [7, 11) is 0. The molecule has 1 aliphatic carbocycles. The van der Waals surface area contributed by atoms with Gasteiger partial charge in [-0.3, -0.25) is 0 Å². The second kappa shape index (κ2) is 6.54. The van der Waals surface area contributed by atoms with Crippen molar-refractivity contribution in [1.29, 1.82) is 0 Å². The van der Waals surface area contributed by atoms with Gasteiger partial charge >= 0.3 is 6.18 Å². The highest BCUT2D eigenvalue weighted by atomic mass is 79.9. The second-order valence-electron chi connectivity index (χ2n) is 8.52. The van der Waals surface area contributed by atoms with Crippen LogP contribution in [0.5, 0.6) is 0 Å². The molecule has 0 aromatic heterocycles. The van der Waals surface area contributed by atoms with Crippen LogP contribution in [0, 0.1) is 23.7 Å². The van der Waals surface area contributed by atoms with Gasteiger partial charge in [-0.05, 0) is 38.0 Å². The molecule has 4 saturated heterocycles. The van der Waals surface area contributed by atoms with Gasteiger partial charge in [-0.2, -0.15) is 13.2 Å². The fourth-order valence-corrected chi connectivity index (χ4v) is 5.84. The van der Waals surface area contributed by atoms with Crippen molar-refractivity contribution in [2.24, 2.45) is 23.7 Å². The number of alkyl halides is 4. The zero-order valence-electron chi connectivity index (χ0n) is 15.7. The lowest BCUT2D eigenvalue weighted by Gasteiger charge is -2.62. The minimum atomic E-state index is -4.70. The van der Waals surface area contributed by atoms with Crippen LogP contribution in [-0.4, -0.2) is 41.6 Å². The zero-order valence-corrected chi connectivity index (χ0v) is 17.3. The van der Waals surface area contributed by atoms with Crippen LogP contribution in [0.15, 0.2) is 0 Å². The Morgan fingerprint density at radius 3 is 2.48 bits per heavy atom. The van der Waals surface area contributed by atoms with Gasteiger partial charge in [0.2, 0.25) is 5.79 Å². The third kappa shape index (κ3) is 2.75. The summed E-state index contributed by atoms with van der Waals surface area (Å²) in [6, 6.07) is 0. The van der Waals surface area contributed by atoms with Gasteiger partial charge in [0.05, 0.1) is 6.61 Å². The summed E-state index contributed by atoms with van der Waals surface area (Å²) in [6.45, 7) is 5.23. The van der Waals surface area contributed by atoms with Gasteiger partial charge in [0.25, 0.3) is 5.79 Å². The van der Waals surface area contributed by atoms with E-state index in [1.54, 1.807) is 13.8 Å². The molecule has 0 amide bonds. The Hall–Kier alpha value is 0.0700. The lowest BCUT2D eigenvalue weighted by atomic mass is 9.57. The van der Waals surface area contributed by atoms with Crippen LogP contribution in [0.2, 0.25) is 0 Å². The van der Waals surface area contributed by atoms with Crippen LogP contribution < -0.4 is 0 Å². The molecule has 0 N–H and O–H groups in total. The molecular weight excluding hydrogens is 433 g/mol. The predicted molar refractivity (Wildman–Crippen MR) is 91.6 cm³/mol. The van der Waals surface area contributed by atoms with E-state index in [9.17, 15) is 13.2 Å². The molecule has 1 saturated carbocycles. The Kier molecular flexibility index (Phi) is 4.93. The topological polar surface area (TPSA) is 46.2 Å². The predicted octanol–water partition coefficient (Wildman–Crippen LogP) is 4.54. The first-order valence-electron chi connectivity index (χ1n) is 9.59. The molecule has 1 spiro atoms. The van der Waals surface area contributed by atoms with E-state index in [0.29, 0.717) is 12.8 Å². The van der Waals surface area contributed by atoms with Crippen LogP contribution >= 0.6 is 15.9 Å². The number of halogens is 4. The summed E-state index contributed by atoms with van der Waals surface area (Å²) in [6.07, 6.45) is -3.16. The molecule has 5 nitrogen and oxygen atoms in total. The first-order valence-corrected chi connectivity index (χ1v) is 10.7. The van der Waals surface area contributed by atoms with E-state index in [1.807, 2.05) is 0 Å². The van der Waals surface area contributed by atoms with Crippen molar-refractivity contribution in [3.63, 3.8) is 0 Å². The Morgan fingerprint density at radius 1 is 1.07 bits per heavy atom. The number of hydrogen-bond donors (Lipinski definition) is 0. The Labute approximate surface area is 165 Å². The zero-order chi connectivity index (χ0) is 19.7. The number of fused-ring (bicyclic) bond motifs is 2. The minimum Gasteiger partial charge on any atom is -0.341 e. The summed E-state index contributed by atoms with van der Waals surface area (Å²) in [5, 5.41) is 0.277. The smallest absolute Gasteiger partial charge is 0.341 e. The molecule has 0 aromatic rings. The van der Waals surface area contributed by atoms with E-state index in [2.05, 4.69) is 22.9 Å². The summed E-state index contributed by atoms with van der Waals surface area (Å²) < 4.78 is 59.9. The van der Waals surface area contributed by atoms with E-state index < -0.39 is 41.5 Å². The maximum atomic E-state index is 14.3. The Bertz CT molecular complexity index is 592. The fraction of sp³-hybridized carbons (Fsp3) is 1.00. The molecule has 5 rings (SSSR count). The largest absolute Gasteiger partial charge is 0.443 e. The lowest BCUT2D eigenvalue weighted by molar-refractivity contribution is -0.598. The van der Waals surface area contributed by atoms with Gasteiger partial charge < -0.3 is 14.2 Å². The molecule has 8 atom stereocenters. The Balaban J connectivity index is 1.82. The fourth-order valence-electron chi connectivity index (χ4n) is 5.68. The van der Waals surface area contributed by atoms with Crippen LogP contribution in [-0.2, 0) is 24.0 Å². The molecule has 0 unspecified atom stereocenters. The summed E-state index contributed by atoms with van der Waals surface area (Å²) >= 11 is 3.15. The SMILES string of the molecule is C[C@@H]1CC[C@H]2[C@@H](C)[C@](OCCBr)(C(F)(F)F)O[C@@H]3O[C@]4(C)CC[C@@H]1[C@]32OO4. The molecule has 0 aromatic carbocycles. The van der Waals surface area contributed by atoms with Gasteiger partial charge in [0, 0.05) is 23.6 Å². The molecule has 156 valence electrons. The highest BCUT2D eigenvalue weighted by Gasteiger charge is 2.77. The average molecular weight is 459 g/mol. The van der Waals surface area contributed by atoms with E-state index in [0.717, 1.165) is 12.8 Å². The van der Waals surface area contributed by atoms with Gasteiger partial charge in [-0.1, -0.05) is 29.8 Å². The van der Waals surface area contributed by atoms with E-state index in [4.69, 9.17) is 24.0 Å². The number of ether oxygens (including phenoxy) is 3. The van der Waals surface area contributed by atoms with Crippen LogP contribution in [0.4, 0.5) is 13.2 Å². The third-order valence-electron chi connectivity index (χ3n) is 7.05. The second-order valence-corrected chi connectivity index (χ2v) is 9.31. The third-order valence-corrected chi connectivity index (χ3v) is 7.37. The van der Waals surface area contributed by atoms with Crippen LogP contribution in [0.25, 0.3) is 0 Å². The van der Waals surface area contributed by atoms with Gasteiger partial charge in [0.1, 0.15) is 0 Å². The molecule has 4 aliphatic heterocycles. The average Bonchev–Trinajstić information content (AvgIpc) is 2.82. The van der Waals surface area contributed by atoms with Crippen LogP contribution in [0.3, 0.4) is 0 Å². The minimum absolute atomic E-state index is 0.00966. The monoisotopic (exact) mass is 458 g/mol. The van der Waals surface area contributed by atoms with Gasteiger partial charge in [-0.25, -0.2) is 9.78 Å². The van der Waals surface area contributed by atoms with E-state index >= 15 is 0 Å². The van der Waals surface area contributed by atoms with Crippen molar-refractivity contribution in [2.75, 3.05) is 11.9 Å². The maximum absolute atomic E-state index is 14.3. The Morgan fingerprint density at radius 2 is 1.81 bits per heavy atom. The highest BCUT2D eigenvalue weighted by molar-refractivity contribution is 9.09. The maximum Gasteiger partial charge on any atom is 0.443 e. The normalized spacial score (nSPS) is 52.3. The van der Waals surface area contributed by atoms with Crippen molar-refractivity contribution in [1.82, 2.24) is 0 Å². The van der Waals surface area contributed by atoms with Gasteiger partial charge in [-0.15, -0.1) is 0 Å². The first-order chi connectivity index (χ1) is 12.6. The molecule has 2 bridgehead atoms. The quantitative estimate of drug-likeness (QED) is 0.458. The molecule has 5 aliphatic rings. The molecule has 5 fully saturated rings. The van der Waals surface area contributed by atoms with Crippen LogP contribution in [0.1, 0.15) is 46.5 Å². The summed E-state index contributed by atoms with van der Waals surface area (Å²) in [5.74, 6) is -4.96. The molecule has 4 heterocycles. The summed E-state index contributed by atoms with van der Waals surface area (Å²) in [5.41, 5.74) is -1.04. The molecule has 0 radical (unpaired) electrons. The van der Waals surface area contributed by atoms with Crippen molar-refractivity contribution in [3.05, 3.63) is 0 Å². The lowest BCUT2D eigenvalue weighted by Crippen LogP contribution is -2.76.